The highest BCUT2D eigenvalue weighted by Crippen LogP contribution is 2.37. The molecule has 19 heavy (non-hydrogen) atoms. The van der Waals surface area contributed by atoms with Crippen LogP contribution in [-0.2, 0) is 4.79 Å². The Hall–Kier alpha value is -1.15. The Morgan fingerprint density at radius 2 is 2.37 bits per heavy atom. The van der Waals surface area contributed by atoms with Crippen molar-refractivity contribution in [3.05, 3.63) is 0 Å². The number of likely N-dealkylation sites (N-methyl/N-ethyl adjacent to an activating group) is 1. The van der Waals surface area contributed by atoms with Crippen LogP contribution in [-0.4, -0.2) is 44.0 Å². The molecule has 1 heterocycles. The van der Waals surface area contributed by atoms with Crippen molar-refractivity contribution in [3.8, 4) is 0 Å². The van der Waals surface area contributed by atoms with Crippen LogP contribution in [0.3, 0.4) is 0 Å². The van der Waals surface area contributed by atoms with E-state index in [9.17, 15) is 4.79 Å². The summed E-state index contributed by atoms with van der Waals surface area (Å²) in [5.41, 5.74) is 4.73. The van der Waals surface area contributed by atoms with Crippen molar-refractivity contribution in [2.75, 3.05) is 7.05 Å². The average Bonchev–Trinajstić information content (AvgIpc) is 3.10. The van der Waals surface area contributed by atoms with E-state index in [0.29, 0.717) is 12.5 Å². The van der Waals surface area contributed by atoms with Crippen LogP contribution >= 0.6 is 11.8 Å². The van der Waals surface area contributed by atoms with Crippen LogP contribution in [0.15, 0.2) is 5.16 Å². The molecule has 0 radical (unpaired) electrons. The number of nitrogens with zero attached hydrogens (tertiary/aromatic N) is 4. The van der Waals surface area contributed by atoms with E-state index in [1.165, 1.54) is 0 Å². The third-order valence-electron chi connectivity index (χ3n) is 3.45. The highest BCUT2D eigenvalue weighted by atomic mass is 32.2. The molecule has 1 aromatic heterocycles. The van der Waals surface area contributed by atoms with Crippen molar-refractivity contribution >= 4 is 17.7 Å². The largest absolute Gasteiger partial charge is 0.368 e. The lowest BCUT2D eigenvalue weighted by molar-refractivity contribution is -0.123. The number of thioether (sulfide) groups is 1. The molecule has 0 aromatic carbocycles. The maximum Gasteiger partial charge on any atom is 0.237 e. The third kappa shape index (κ3) is 3.24. The van der Waals surface area contributed by atoms with Gasteiger partial charge in [0.1, 0.15) is 0 Å². The van der Waals surface area contributed by atoms with E-state index < -0.39 is 5.54 Å². The monoisotopic (exact) mass is 284 g/mol. The first-order chi connectivity index (χ1) is 8.96. The number of carbonyl (C=O) groups excluding carboxylic acids is 1. The quantitative estimate of drug-likeness (QED) is 0.701. The van der Waals surface area contributed by atoms with Gasteiger partial charge in [-0.25, -0.2) is 4.68 Å². The zero-order chi connectivity index (χ0) is 14.0. The van der Waals surface area contributed by atoms with Crippen molar-refractivity contribution in [3.63, 3.8) is 0 Å². The molecule has 3 N–H and O–H groups in total. The second-order valence-corrected chi connectivity index (χ2v) is 6.62. The van der Waals surface area contributed by atoms with E-state index >= 15 is 0 Å². The zero-order valence-corrected chi connectivity index (χ0v) is 12.3. The molecule has 2 unspecified atom stereocenters. The van der Waals surface area contributed by atoms with E-state index in [0.717, 1.165) is 18.0 Å². The van der Waals surface area contributed by atoms with Crippen LogP contribution in [0, 0.1) is 0 Å². The molecule has 1 aliphatic carbocycles. The topological polar surface area (TPSA) is 98.7 Å². The Bertz CT molecular complexity index is 460. The Morgan fingerprint density at radius 3 is 2.89 bits per heavy atom. The molecule has 1 aromatic rings. The minimum Gasteiger partial charge on any atom is -0.368 e. The minimum absolute atomic E-state index is 0.188. The molecule has 0 spiro atoms. The molecule has 1 saturated carbocycles. The fraction of sp³-hybridized carbons (Fsp3) is 0.818. The molecule has 1 aliphatic rings. The van der Waals surface area contributed by atoms with Crippen molar-refractivity contribution in [1.82, 2.24) is 25.5 Å². The highest BCUT2D eigenvalue weighted by molar-refractivity contribution is 7.99. The predicted molar refractivity (Wildman–Crippen MR) is 72.7 cm³/mol. The molecular formula is C11H20N6OS. The summed E-state index contributed by atoms with van der Waals surface area (Å²) in [4.78, 5) is 11.5. The number of nitrogens with two attached hydrogens (primary N) is 1. The maximum atomic E-state index is 11.5. The molecular weight excluding hydrogens is 264 g/mol. The van der Waals surface area contributed by atoms with E-state index in [1.54, 1.807) is 18.8 Å². The SMILES string of the molecule is CNC(C)(CC(C)Sc1nnnn1C1CC1)C(N)=O. The fourth-order valence-electron chi connectivity index (χ4n) is 1.93. The first kappa shape index (κ1) is 14.3. The van der Waals surface area contributed by atoms with Crippen LogP contribution < -0.4 is 11.1 Å². The van der Waals surface area contributed by atoms with Crippen molar-refractivity contribution in [2.45, 2.75) is 55.1 Å². The summed E-state index contributed by atoms with van der Waals surface area (Å²) in [7, 11) is 1.75. The number of hydrogen-bond donors (Lipinski definition) is 2. The summed E-state index contributed by atoms with van der Waals surface area (Å²) < 4.78 is 1.88. The number of carbonyl (C=O) groups is 1. The number of tetrazole rings is 1. The van der Waals surface area contributed by atoms with Crippen molar-refractivity contribution in [2.24, 2.45) is 5.73 Å². The van der Waals surface area contributed by atoms with E-state index in [4.69, 9.17) is 5.73 Å². The molecule has 7 nitrogen and oxygen atoms in total. The maximum absolute atomic E-state index is 11.5. The first-order valence-corrected chi connectivity index (χ1v) is 7.27. The molecule has 0 aliphatic heterocycles. The van der Waals surface area contributed by atoms with Gasteiger partial charge in [-0.2, -0.15) is 0 Å². The normalized spacial score (nSPS) is 19.9. The summed E-state index contributed by atoms with van der Waals surface area (Å²) >= 11 is 1.58. The standard InChI is InChI=1S/C11H20N6OS/c1-7(6-11(2,13-3)9(12)18)19-10-14-15-16-17(10)8-4-5-8/h7-8,13H,4-6H2,1-3H3,(H2,12,18). The lowest BCUT2D eigenvalue weighted by Gasteiger charge is -2.28. The zero-order valence-electron chi connectivity index (χ0n) is 11.5. The first-order valence-electron chi connectivity index (χ1n) is 6.39. The van der Waals surface area contributed by atoms with Crippen LogP contribution in [0.5, 0.6) is 0 Å². The predicted octanol–water partition coefficient (Wildman–Crippen LogP) is 0.342. The number of nitrogens with one attached hydrogen (secondary N) is 1. The van der Waals surface area contributed by atoms with Gasteiger partial charge in [0.05, 0.1) is 11.6 Å². The van der Waals surface area contributed by atoms with Crippen LogP contribution in [0.2, 0.25) is 0 Å². The summed E-state index contributed by atoms with van der Waals surface area (Å²) in [5.74, 6) is -0.343. The van der Waals surface area contributed by atoms with Gasteiger partial charge in [0.25, 0.3) is 0 Å². The lowest BCUT2D eigenvalue weighted by Crippen LogP contribution is -2.52. The summed E-state index contributed by atoms with van der Waals surface area (Å²) in [6.07, 6.45) is 2.91. The van der Waals surface area contributed by atoms with Crippen molar-refractivity contribution in [1.29, 1.82) is 0 Å². The van der Waals surface area contributed by atoms with Crippen LogP contribution in [0.4, 0.5) is 0 Å². The summed E-state index contributed by atoms with van der Waals surface area (Å²) in [5, 5.41) is 15.8. The van der Waals surface area contributed by atoms with Gasteiger partial charge >= 0.3 is 0 Å². The second-order valence-electron chi connectivity index (χ2n) is 5.22. The van der Waals surface area contributed by atoms with Gasteiger partial charge in [-0.05, 0) is 43.7 Å². The Morgan fingerprint density at radius 1 is 1.68 bits per heavy atom. The van der Waals surface area contributed by atoms with Gasteiger partial charge in [-0.1, -0.05) is 18.7 Å². The average molecular weight is 284 g/mol. The van der Waals surface area contributed by atoms with Gasteiger partial charge in [-0.3, -0.25) is 4.79 Å². The van der Waals surface area contributed by atoms with E-state index in [1.807, 2.05) is 11.6 Å². The molecule has 1 amide bonds. The lowest BCUT2D eigenvalue weighted by atomic mass is 9.95. The number of primary amides is 1. The summed E-state index contributed by atoms with van der Waals surface area (Å²) in [6.45, 7) is 3.87. The molecule has 8 heteroatoms. The minimum atomic E-state index is -0.704. The molecule has 106 valence electrons. The third-order valence-corrected chi connectivity index (χ3v) is 4.50. The smallest absolute Gasteiger partial charge is 0.237 e. The number of aromatic nitrogens is 4. The van der Waals surface area contributed by atoms with Gasteiger partial charge in [0.15, 0.2) is 0 Å². The van der Waals surface area contributed by atoms with Gasteiger partial charge in [-0.15, -0.1) is 5.10 Å². The van der Waals surface area contributed by atoms with Crippen LogP contribution in [0.1, 0.15) is 39.2 Å². The fourth-order valence-corrected chi connectivity index (χ4v) is 3.09. The van der Waals surface area contributed by atoms with Crippen molar-refractivity contribution < 1.29 is 4.79 Å². The number of rotatable bonds is 7. The molecule has 2 rings (SSSR count). The number of hydrogen-bond acceptors (Lipinski definition) is 6. The number of amides is 1. The molecule has 0 bridgehead atoms. The summed E-state index contributed by atoms with van der Waals surface area (Å²) in [6, 6.07) is 0.455. The van der Waals surface area contributed by atoms with E-state index in [-0.39, 0.29) is 11.2 Å². The Kier molecular flexibility index (Phi) is 4.10. The molecule has 1 fully saturated rings. The second kappa shape index (κ2) is 5.46. The van der Waals surface area contributed by atoms with E-state index in [2.05, 4.69) is 27.8 Å². The highest BCUT2D eigenvalue weighted by Gasteiger charge is 2.33. The molecule has 0 saturated heterocycles. The van der Waals surface area contributed by atoms with Gasteiger partial charge < -0.3 is 11.1 Å². The van der Waals surface area contributed by atoms with Crippen LogP contribution in [0.25, 0.3) is 0 Å². The Labute approximate surface area is 116 Å². The Balaban J connectivity index is 1.98. The van der Waals surface area contributed by atoms with Gasteiger partial charge in [0.2, 0.25) is 11.1 Å². The molecule has 2 atom stereocenters. The van der Waals surface area contributed by atoms with Gasteiger partial charge in [0, 0.05) is 5.25 Å².